The lowest BCUT2D eigenvalue weighted by atomic mass is 9.78. The Kier molecular flexibility index (Phi) is 3.60. The number of nitrogens with one attached hydrogen (secondary N) is 2. The number of hydrogen-bond donors (Lipinski definition) is 2. The second-order valence-corrected chi connectivity index (χ2v) is 6.50. The number of H-pyrrole nitrogens is 1. The van der Waals surface area contributed by atoms with Gasteiger partial charge in [-0.1, -0.05) is 31.0 Å². The monoisotopic (exact) mass is 322 g/mol. The van der Waals surface area contributed by atoms with E-state index in [2.05, 4.69) is 10.3 Å². The average molecular weight is 322 g/mol. The summed E-state index contributed by atoms with van der Waals surface area (Å²) in [5.41, 5.74) is 1.92. The Morgan fingerprint density at radius 1 is 1.08 bits per heavy atom. The summed E-state index contributed by atoms with van der Waals surface area (Å²) < 4.78 is 13.7. The molecule has 3 nitrogen and oxygen atoms in total. The molecule has 4 rings (SSSR count). The molecule has 4 heteroatoms. The third kappa shape index (κ3) is 2.39. The molecule has 122 valence electrons. The normalized spacial score (nSPS) is 16.4. The van der Waals surface area contributed by atoms with Crippen molar-refractivity contribution >= 4 is 22.5 Å². The molecule has 0 saturated heterocycles. The third-order valence-electron chi connectivity index (χ3n) is 5.11. The van der Waals surface area contributed by atoms with E-state index in [1.807, 2.05) is 36.5 Å². The Morgan fingerprint density at radius 2 is 1.88 bits per heavy atom. The van der Waals surface area contributed by atoms with Crippen LogP contribution in [0.15, 0.2) is 54.7 Å². The van der Waals surface area contributed by atoms with Crippen LogP contribution in [0.4, 0.5) is 10.1 Å². The van der Waals surface area contributed by atoms with Gasteiger partial charge < -0.3 is 10.3 Å². The number of fused-ring (bicyclic) bond motifs is 1. The van der Waals surface area contributed by atoms with Gasteiger partial charge in [0.2, 0.25) is 5.91 Å². The lowest BCUT2D eigenvalue weighted by Gasteiger charge is -2.28. The number of benzene rings is 2. The Labute approximate surface area is 139 Å². The number of halogens is 1. The van der Waals surface area contributed by atoms with Crippen LogP contribution in [0.25, 0.3) is 10.9 Å². The van der Waals surface area contributed by atoms with Crippen molar-refractivity contribution in [3.05, 3.63) is 66.1 Å². The van der Waals surface area contributed by atoms with Crippen molar-refractivity contribution in [1.82, 2.24) is 4.98 Å². The summed E-state index contributed by atoms with van der Waals surface area (Å²) in [6.45, 7) is 0. The average Bonchev–Trinajstić information content (AvgIpc) is 3.25. The van der Waals surface area contributed by atoms with Crippen molar-refractivity contribution in [1.29, 1.82) is 0 Å². The molecular formula is C20H19FN2O. The lowest BCUT2D eigenvalue weighted by molar-refractivity contribution is -0.121. The van der Waals surface area contributed by atoms with E-state index in [0.717, 1.165) is 47.8 Å². The molecule has 24 heavy (non-hydrogen) atoms. The van der Waals surface area contributed by atoms with E-state index in [1.54, 1.807) is 6.07 Å². The first kappa shape index (κ1) is 14.9. The molecule has 2 N–H and O–H groups in total. The zero-order valence-corrected chi connectivity index (χ0v) is 13.3. The minimum Gasteiger partial charge on any atom is -0.361 e. The van der Waals surface area contributed by atoms with Crippen LogP contribution < -0.4 is 5.32 Å². The summed E-state index contributed by atoms with van der Waals surface area (Å²) in [5.74, 6) is -0.335. The Bertz CT molecular complexity index is 893. The molecule has 1 fully saturated rings. The first-order chi connectivity index (χ1) is 11.7. The number of carbonyl (C=O) groups excluding carboxylic acids is 1. The van der Waals surface area contributed by atoms with Crippen LogP contribution in [0.1, 0.15) is 31.2 Å². The standard InChI is InChI=1S/C20H19FN2O/c21-15-6-3-5-14(13-15)20(10-1-2-11-20)19(24)23-18-8-4-7-17-16(18)9-12-22-17/h3-9,12-13,22H,1-2,10-11H2,(H,23,24). The zero-order valence-electron chi connectivity index (χ0n) is 13.3. The molecule has 3 aromatic rings. The fourth-order valence-electron chi connectivity index (χ4n) is 3.85. The topological polar surface area (TPSA) is 44.9 Å². The van der Waals surface area contributed by atoms with Crippen molar-refractivity contribution < 1.29 is 9.18 Å². The van der Waals surface area contributed by atoms with Crippen LogP contribution in [0.2, 0.25) is 0 Å². The molecule has 1 aliphatic rings. The highest BCUT2D eigenvalue weighted by atomic mass is 19.1. The second kappa shape index (κ2) is 5.78. The Morgan fingerprint density at radius 3 is 2.67 bits per heavy atom. The summed E-state index contributed by atoms with van der Waals surface area (Å²) in [4.78, 5) is 16.3. The smallest absolute Gasteiger partial charge is 0.235 e. The Balaban J connectivity index is 1.72. The number of anilines is 1. The summed E-state index contributed by atoms with van der Waals surface area (Å²) >= 11 is 0. The van der Waals surface area contributed by atoms with Crippen LogP contribution in [-0.4, -0.2) is 10.9 Å². The first-order valence-electron chi connectivity index (χ1n) is 8.33. The number of hydrogen-bond acceptors (Lipinski definition) is 1. The van der Waals surface area contributed by atoms with E-state index in [4.69, 9.17) is 0 Å². The maximum Gasteiger partial charge on any atom is 0.235 e. The summed E-state index contributed by atoms with van der Waals surface area (Å²) in [6.07, 6.45) is 5.34. The Hall–Kier alpha value is -2.62. The van der Waals surface area contributed by atoms with Crippen LogP contribution >= 0.6 is 0 Å². The van der Waals surface area contributed by atoms with Crippen molar-refractivity contribution in [3.8, 4) is 0 Å². The zero-order chi connectivity index (χ0) is 16.6. The molecule has 1 heterocycles. The molecule has 1 aromatic heterocycles. The number of aromatic amines is 1. The van der Waals surface area contributed by atoms with Gasteiger partial charge in [0, 0.05) is 17.1 Å². The van der Waals surface area contributed by atoms with Crippen LogP contribution in [0, 0.1) is 5.82 Å². The predicted molar refractivity (Wildman–Crippen MR) is 93.5 cm³/mol. The summed E-state index contributed by atoms with van der Waals surface area (Å²) in [5, 5.41) is 4.07. The fourth-order valence-corrected chi connectivity index (χ4v) is 3.85. The van der Waals surface area contributed by atoms with Gasteiger partial charge in [0.1, 0.15) is 5.82 Å². The maximum absolute atomic E-state index is 13.7. The van der Waals surface area contributed by atoms with Gasteiger partial charge >= 0.3 is 0 Å². The van der Waals surface area contributed by atoms with Gasteiger partial charge in [-0.2, -0.15) is 0 Å². The molecule has 0 unspecified atom stereocenters. The van der Waals surface area contributed by atoms with Gasteiger partial charge in [0.25, 0.3) is 0 Å². The van der Waals surface area contributed by atoms with E-state index < -0.39 is 5.41 Å². The van der Waals surface area contributed by atoms with Crippen LogP contribution in [-0.2, 0) is 10.2 Å². The van der Waals surface area contributed by atoms with Crippen molar-refractivity contribution in [2.45, 2.75) is 31.1 Å². The van der Waals surface area contributed by atoms with Crippen molar-refractivity contribution in [2.24, 2.45) is 0 Å². The lowest BCUT2D eigenvalue weighted by Crippen LogP contribution is -2.38. The minimum atomic E-state index is -0.638. The van der Waals surface area contributed by atoms with E-state index in [-0.39, 0.29) is 11.7 Å². The number of aromatic nitrogens is 1. The molecular weight excluding hydrogens is 303 g/mol. The highest BCUT2D eigenvalue weighted by Crippen LogP contribution is 2.42. The molecule has 2 aromatic carbocycles. The van der Waals surface area contributed by atoms with Gasteiger partial charge in [-0.05, 0) is 48.7 Å². The first-order valence-corrected chi connectivity index (χ1v) is 8.33. The van der Waals surface area contributed by atoms with Gasteiger partial charge in [0.05, 0.1) is 11.1 Å². The quantitative estimate of drug-likeness (QED) is 0.717. The van der Waals surface area contributed by atoms with Gasteiger partial charge in [-0.15, -0.1) is 0 Å². The molecule has 0 aliphatic heterocycles. The van der Waals surface area contributed by atoms with E-state index in [9.17, 15) is 9.18 Å². The SMILES string of the molecule is O=C(Nc1cccc2[nH]ccc12)C1(c2cccc(F)c2)CCCC1. The maximum atomic E-state index is 13.7. The molecule has 0 atom stereocenters. The summed E-state index contributed by atoms with van der Waals surface area (Å²) in [6, 6.07) is 14.2. The van der Waals surface area contributed by atoms with E-state index >= 15 is 0 Å². The number of rotatable bonds is 3. The fraction of sp³-hybridized carbons (Fsp3) is 0.250. The second-order valence-electron chi connectivity index (χ2n) is 6.50. The number of amides is 1. The van der Waals surface area contributed by atoms with Gasteiger partial charge in [0.15, 0.2) is 0 Å². The van der Waals surface area contributed by atoms with Crippen molar-refractivity contribution in [3.63, 3.8) is 0 Å². The molecule has 0 radical (unpaired) electrons. The molecule has 0 bridgehead atoms. The highest BCUT2D eigenvalue weighted by Gasteiger charge is 2.43. The van der Waals surface area contributed by atoms with Gasteiger partial charge in [-0.25, -0.2) is 4.39 Å². The number of carbonyl (C=O) groups is 1. The minimum absolute atomic E-state index is 0.0423. The molecule has 1 amide bonds. The van der Waals surface area contributed by atoms with Gasteiger partial charge in [-0.3, -0.25) is 4.79 Å². The molecule has 1 aliphatic carbocycles. The summed E-state index contributed by atoms with van der Waals surface area (Å²) in [7, 11) is 0. The molecule has 1 saturated carbocycles. The molecule has 0 spiro atoms. The van der Waals surface area contributed by atoms with Crippen LogP contribution in [0.5, 0.6) is 0 Å². The predicted octanol–water partition coefficient (Wildman–Crippen LogP) is 4.76. The third-order valence-corrected chi connectivity index (χ3v) is 5.11. The van der Waals surface area contributed by atoms with Crippen LogP contribution in [0.3, 0.4) is 0 Å². The van der Waals surface area contributed by atoms with E-state index in [0.29, 0.717) is 0 Å². The highest BCUT2D eigenvalue weighted by molar-refractivity contribution is 6.05. The largest absolute Gasteiger partial charge is 0.361 e. The van der Waals surface area contributed by atoms with Crippen molar-refractivity contribution in [2.75, 3.05) is 5.32 Å². The van der Waals surface area contributed by atoms with E-state index in [1.165, 1.54) is 12.1 Å².